The molecule has 1 saturated heterocycles. The van der Waals surface area contributed by atoms with Gasteiger partial charge in [-0.05, 0) is 38.9 Å². The van der Waals surface area contributed by atoms with E-state index >= 15 is 0 Å². The van der Waals surface area contributed by atoms with Crippen molar-refractivity contribution in [3.05, 3.63) is 0 Å². The normalized spacial score (nSPS) is 20.2. The molecule has 0 spiro atoms. The van der Waals surface area contributed by atoms with Crippen molar-refractivity contribution in [1.82, 2.24) is 4.57 Å². The summed E-state index contributed by atoms with van der Waals surface area (Å²) in [6.45, 7) is 11.8. The third-order valence-corrected chi connectivity index (χ3v) is 7.11. The van der Waals surface area contributed by atoms with Gasteiger partial charge in [-0.2, -0.15) is 0 Å². The van der Waals surface area contributed by atoms with Crippen molar-refractivity contribution >= 4 is 8.96 Å². The summed E-state index contributed by atoms with van der Waals surface area (Å²) >= 11 is 0. The Morgan fingerprint density at radius 2 is 1.67 bits per heavy atom. The molecule has 1 aliphatic rings. The van der Waals surface area contributed by atoms with E-state index in [0.29, 0.717) is 5.54 Å². The topological polar surface area (TPSA) is 3.24 Å². The van der Waals surface area contributed by atoms with Crippen molar-refractivity contribution < 1.29 is 0 Å². The Kier molecular flexibility index (Phi) is 3.00. The smallest absolute Gasteiger partial charge is 0.112 e. The highest BCUT2D eigenvalue weighted by molar-refractivity contribution is 6.59. The molecule has 0 N–H and O–H groups in total. The second-order valence-corrected chi connectivity index (χ2v) is 8.28. The average Bonchev–Trinajstić information content (AvgIpc) is 1.73. The fraction of sp³-hybridized carbons (Fsp3) is 1.00. The van der Waals surface area contributed by atoms with Crippen LogP contribution in [0.25, 0.3) is 0 Å². The summed E-state index contributed by atoms with van der Waals surface area (Å²) in [5.41, 5.74) is 0.408. The lowest BCUT2D eigenvalue weighted by atomic mass is 10.1. The first-order valence-corrected chi connectivity index (χ1v) is 7.36. The molecule has 1 rings (SSSR count). The SMILES string of the molecule is CC(C)N([SiH]1CCC1)C(C)(C)C. The molecule has 0 radical (unpaired) electrons. The van der Waals surface area contributed by atoms with Crippen LogP contribution in [0.5, 0.6) is 0 Å². The molecule has 12 heavy (non-hydrogen) atoms. The Morgan fingerprint density at radius 3 is 1.75 bits per heavy atom. The fourth-order valence-electron chi connectivity index (χ4n) is 2.41. The molecule has 1 nitrogen and oxygen atoms in total. The van der Waals surface area contributed by atoms with Crippen LogP contribution in [0.1, 0.15) is 41.0 Å². The van der Waals surface area contributed by atoms with E-state index in [9.17, 15) is 0 Å². The van der Waals surface area contributed by atoms with Crippen molar-refractivity contribution in [2.45, 2.75) is 64.7 Å². The molecular formula is C10H23NSi. The number of hydrogen-bond acceptors (Lipinski definition) is 1. The molecule has 0 aliphatic carbocycles. The third kappa shape index (κ3) is 2.11. The summed E-state index contributed by atoms with van der Waals surface area (Å²) in [5, 5.41) is 0. The first-order valence-electron chi connectivity index (χ1n) is 5.21. The molecule has 1 heterocycles. The Bertz CT molecular complexity index is 144. The molecule has 1 fully saturated rings. The highest BCUT2D eigenvalue weighted by Gasteiger charge is 2.35. The molecular weight excluding hydrogens is 162 g/mol. The summed E-state index contributed by atoms with van der Waals surface area (Å²) in [5.74, 6) is 0. The van der Waals surface area contributed by atoms with Gasteiger partial charge in [-0.1, -0.05) is 20.3 Å². The van der Waals surface area contributed by atoms with Crippen LogP contribution in [-0.2, 0) is 0 Å². The average molecular weight is 185 g/mol. The summed E-state index contributed by atoms with van der Waals surface area (Å²) in [7, 11) is -0.465. The van der Waals surface area contributed by atoms with Gasteiger partial charge in [-0.3, -0.25) is 0 Å². The summed E-state index contributed by atoms with van der Waals surface area (Å²) < 4.78 is 2.80. The monoisotopic (exact) mass is 185 g/mol. The molecule has 0 aromatic carbocycles. The molecule has 1 aliphatic heterocycles. The molecule has 0 unspecified atom stereocenters. The van der Waals surface area contributed by atoms with Crippen LogP contribution >= 0.6 is 0 Å². The van der Waals surface area contributed by atoms with Crippen LogP contribution in [0.15, 0.2) is 0 Å². The molecule has 0 amide bonds. The summed E-state index contributed by atoms with van der Waals surface area (Å²) in [6.07, 6.45) is 1.50. The van der Waals surface area contributed by atoms with E-state index in [1.54, 1.807) is 12.1 Å². The van der Waals surface area contributed by atoms with Crippen molar-refractivity contribution in [1.29, 1.82) is 0 Å². The quantitative estimate of drug-likeness (QED) is 0.598. The van der Waals surface area contributed by atoms with Gasteiger partial charge in [-0.25, -0.2) is 0 Å². The molecule has 2 heteroatoms. The lowest BCUT2D eigenvalue weighted by Gasteiger charge is -2.47. The maximum absolute atomic E-state index is 2.80. The van der Waals surface area contributed by atoms with E-state index in [2.05, 4.69) is 39.2 Å². The number of hydrogen-bond donors (Lipinski definition) is 0. The molecule has 0 saturated carbocycles. The highest BCUT2D eigenvalue weighted by atomic mass is 28.3. The van der Waals surface area contributed by atoms with Gasteiger partial charge >= 0.3 is 0 Å². The Balaban J connectivity index is 2.60. The molecule has 0 aromatic heterocycles. The van der Waals surface area contributed by atoms with E-state index in [4.69, 9.17) is 0 Å². The zero-order valence-corrected chi connectivity index (χ0v) is 10.4. The maximum atomic E-state index is 2.80. The standard InChI is InChI=1S/C10H23NSi/c1-9(2)11(10(3,4)5)12-7-6-8-12/h9,12H,6-8H2,1-5H3. The van der Waals surface area contributed by atoms with Gasteiger partial charge in [0.2, 0.25) is 0 Å². The predicted octanol–water partition coefficient (Wildman–Crippen LogP) is 2.62. The minimum Gasteiger partial charge on any atom is -0.319 e. The van der Waals surface area contributed by atoms with Crippen LogP contribution in [0.4, 0.5) is 0 Å². The Labute approximate surface area is 78.8 Å². The summed E-state index contributed by atoms with van der Waals surface area (Å²) in [4.78, 5) is 0. The minimum absolute atomic E-state index is 0.408. The van der Waals surface area contributed by atoms with Gasteiger partial charge in [0.05, 0.1) is 0 Å². The second-order valence-electron chi connectivity index (χ2n) is 5.26. The van der Waals surface area contributed by atoms with Crippen molar-refractivity contribution in [2.24, 2.45) is 0 Å². The zero-order valence-electron chi connectivity index (χ0n) is 9.22. The minimum atomic E-state index is -0.465. The largest absolute Gasteiger partial charge is 0.319 e. The van der Waals surface area contributed by atoms with Crippen LogP contribution < -0.4 is 0 Å². The first kappa shape index (κ1) is 10.3. The van der Waals surface area contributed by atoms with Crippen LogP contribution in [0, 0.1) is 0 Å². The first-order chi connectivity index (χ1) is 5.43. The maximum Gasteiger partial charge on any atom is 0.112 e. The molecule has 0 aromatic rings. The van der Waals surface area contributed by atoms with Crippen LogP contribution in [0.3, 0.4) is 0 Å². The van der Waals surface area contributed by atoms with Gasteiger partial charge in [0, 0.05) is 5.54 Å². The summed E-state index contributed by atoms with van der Waals surface area (Å²) in [6, 6.07) is 3.85. The van der Waals surface area contributed by atoms with Crippen LogP contribution in [-0.4, -0.2) is 25.1 Å². The lowest BCUT2D eigenvalue weighted by Crippen LogP contribution is -2.56. The second kappa shape index (κ2) is 3.50. The Morgan fingerprint density at radius 1 is 1.17 bits per heavy atom. The van der Waals surface area contributed by atoms with E-state index in [-0.39, 0.29) is 0 Å². The van der Waals surface area contributed by atoms with E-state index in [0.717, 1.165) is 6.04 Å². The highest BCUT2D eigenvalue weighted by Crippen LogP contribution is 2.30. The van der Waals surface area contributed by atoms with Gasteiger partial charge in [0.1, 0.15) is 8.96 Å². The molecule has 0 bridgehead atoms. The molecule has 72 valence electrons. The van der Waals surface area contributed by atoms with Crippen LogP contribution in [0.2, 0.25) is 12.1 Å². The van der Waals surface area contributed by atoms with Gasteiger partial charge in [0.25, 0.3) is 0 Å². The van der Waals surface area contributed by atoms with E-state index < -0.39 is 8.96 Å². The third-order valence-electron chi connectivity index (χ3n) is 2.80. The van der Waals surface area contributed by atoms with Gasteiger partial charge in [0.15, 0.2) is 0 Å². The predicted molar refractivity (Wildman–Crippen MR) is 58.1 cm³/mol. The fourth-order valence-corrected chi connectivity index (χ4v) is 5.68. The van der Waals surface area contributed by atoms with E-state index in [1.165, 1.54) is 6.42 Å². The molecule has 0 atom stereocenters. The Hall–Kier alpha value is 0.177. The lowest BCUT2D eigenvalue weighted by molar-refractivity contribution is 0.199. The van der Waals surface area contributed by atoms with Crippen molar-refractivity contribution in [2.75, 3.05) is 0 Å². The van der Waals surface area contributed by atoms with Crippen molar-refractivity contribution in [3.8, 4) is 0 Å². The zero-order chi connectivity index (χ0) is 9.35. The van der Waals surface area contributed by atoms with Crippen molar-refractivity contribution in [3.63, 3.8) is 0 Å². The van der Waals surface area contributed by atoms with Gasteiger partial charge in [-0.15, -0.1) is 0 Å². The van der Waals surface area contributed by atoms with E-state index in [1.807, 2.05) is 0 Å². The number of rotatable bonds is 2. The number of nitrogens with zero attached hydrogens (tertiary/aromatic N) is 1. The van der Waals surface area contributed by atoms with Gasteiger partial charge < -0.3 is 4.57 Å².